The summed E-state index contributed by atoms with van der Waals surface area (Å²) in [5.41, 5.74) is 9.58. The number of nitrogens with two attached hydrogens (primary N) is 1. The van der Waals surface area contributed by atoms with Gasteiger partial charge in [0.15, 0.2) is 0 Å². The van der Waals surface area contributed by atoms with E-state index in [4.69, 9.17) is 17.3 Å². The molecule has 2 aliphatic heterocycles. The van der Waals surface area contributed by atoms with Crippen LogP contribution in [0.4, 0.5) is 5.69 Å². The second-order valence-corrected chi connectivity index (χ2v) is 6.32. The van der Waals surface area contributed by atoms with E-state index in [1.54, 1.807) is 0 Å². The fourth-order valence-corrected chi connectivity index (χ4v) is 3.64. The van der Waals surface area contributed by atoms with Crippen molar-refractivity contribution in [1.29, 1.82) is 0 Å². The molecule has 1 aromatic carbocycles. The van der Waals surface area contributed by atoms with E-state index in [1.165, 1.54) is 37.1 Å². The molecule has 4 heteroatoms. The Bertz CT molecular complexity index is 467. The Morgan fingerprint density at radius 2 is 1.95 bits per heavy atom. The predicted octanol–water partition coefficient (Wildman–Crippen LogP) is 2.37. The highest BCUT2D eigenvalue weighted by Gasteiger charge is 2.27. The summed E-state index contributed by atoms with van der Waals surface area (Å²) < 4.78 is 0. The fourth-order valence-electron chi connectivity index (χ4n) is 3.39. The minimum atomic E-state index is 0.726. The number of nitrogen functional groups attached to an aromatic ring is 1. The lowest BCUT2D eigenvalue weighted by Crippen LogP contribution is -2.45. The van der Waals surface area contributed by atoms with Crippen molar-refractivity contribution in [3.05, 3.63) is 28.3 Å². The van der Waals surface area contributed by atoms with Gasteiger partial charge in [-0.2, -0.15) is 0 Å². The van der Waals surface area contributed by atoms with Crippen LogP contribution in [0.3, 0.4) is 0 Å². The summed E-state index contributed by atoms with van der Waals surface area (Å²) in [5.74, 6) is 0. The third-order valence-electron chi connectivity index (χ3n) is 4.57. The lowest BCUT2D eigenvalue weighted by atomic mass is 9.94. The molecule has 0 spiro atoms. The van der Waals surface area contributed by atoms with Crippen molar-refractivity contribution in [2.75, 3.05) is 32.4 Å². The Labute approximate surface area is 120 Å². The van der Waals surface area contributed by atoms with E-state index in [1.807, 2.05) is 6.07 Å². The van der Waals surface area contributed by atoms with Crippen molar-refractivity contribution >= 4 is 17.3 Å². The highest BCUT2D eigenvalue weighted by Crippen LogP contribution is 2.30. The quantitative estimate of drug-likeness (QED) is 0.801. The van der Waals surface area contributed by atoms with Crippen LogP contribution in [0.5, 0.6) is 0 Å². The number of anilines is 1. The molecule has 0 unspecified atom stereocenters. The normalized spacial score (nSPS) is 22.4. The minimum Gasteiger partial charge on any atom is -0.398 e. The molecule has 0 amide bonds. The number of benzene rings is 1. The Balaban J connectivity index is 1.75. The van der Waals surface area contributed by atoms with Crippen LogP contribution in [0.1, 0.15) is 24.0 Å². The van der Waals surface area contributed by atoms with Gasteiger partial charge in [0.25, 0.3) is 0 Å². The minimum absolute atomic E-state index is 0.726. The van der Waals surface area contributed by atoms with Crippen molar-refractivity contribution in [3.8, 4) is 0 Å². The van der Waals surface area contributed by atoms with Gasteiger partial charge in [-0.1, -0.05) is 11.6 Å². The van der Waals surface area contributed by atoms with Crippen LogP contribution in [0.25, 0.3) is 0 Å². The maximum Gasteiger partial charge on any atom is 0.0429 e. The van der Waals surface area contributed by atoms with Gasteiger partial charge in [0.05, 0.1) is 0 Å². The first-order chi connectivity index (χ1) is 9.13. The zero-order valence-electron chi connectivity index (χ0n) is 11.5. The lowest BCUT2D eigenvalue weighted by molar-refractivity contribution is 0.110. The molecular weight excluding hydrogens is 258 g/mol. The van der Waals surface area contributed by atoms with E-state index in [-0.39, 0.29) is 0 Å². The predicted molar refractivity (Wildman–Crippen MR) is 80.5 cm³/mol. The molecule has 2 aliphatic rings. The van der Waals surface area contributed by atoms with Crippen LogP contribution in [-0.2, 0) is 13.0 Å². The van der Waals surface area contributed by atoms with Gasteiger partial charge in [-0.25, -0.2) is 0 Å². The van der Waals surface area contributed by atoms with Gasteiger partial charge in [0.2, 0.25) is 0 Å². The van der Waals surface area contributed by atoms with Crippen LogP contribution in [-0.4, -0.2) is 42.5 Å². The van der Waals surface area contributed by atoms with E-state index < -0.39 is 0 Å². The van der Waals surface area contributed by atoms with Gasteiger partial charge in [-0.3, -0.25) is 4.90 Å². The molecule has 1 fully saturated rings. The molecule has 2 heterocycles. The maximum absolute atomic E-state index is 6.13. The van der Waals surface area contributed by atoms with E-state index in [9.17, 15) is 0 Å². The average Bonchev–Trinajstić information content (AvgIpc) is 2.38. The smallest absolute Gasteiger partial charge is 0.0429 e. The van der Waals surface area contributed by atoms with E-state index in [0.29, 0.717) is 0 Å². The first kappa shape index (κ1) is 13.2. The highest BCUT2D eigenvalue weighted by atomic mass is 35.5. The number of likely N-dealkylation sites (tertiary alicyclic amines) is 1. The SMILES string of the molecule is CN1CCC(N2CCc3c(N)cc(Cl)cc3C2)CC1. The van der Waals surface area contributed by atoms with Gasteiger partial charge in [-0.05, 0) is 62.7 Å². The van der Waals surface area contributed by atoms with E-state index in [2.05, 4.69) is 22.9 Å². The summed E-state index contributed by atoms with van der Waals surface area (Å²) in [7, 11) is 2.21. The molecule has 0 atom stereocenters. The van der Waals surface area contributed by atoms with Gasteiger partial charge in [0.1, 0.15) is 0 Å². The van der Waals surface area contributed by atoms with E-state index in [0.717, 1.165) is 36.3 Å². The lowest BCUT2D eigenvalue weighted by Gasteiger charge is -2.40. The molecule has 0 saturated carbocycles. The second-order valence-electron chi connectivity index (χ2n) is 5.89. The molecule has 1 saturated heterocycles. The first-order valence-electron chi connectivity index (χ1n) is 7.13. The van der Waals surface area contributed by atoms with Gasteiger partial charge in [-0.15, -0.1) is 0 Å². The summed E-state index contributed by atoms with van der Waals surface area (Å²) in [6.07, 6.45) is 3.62. The number of halogens is 1. The van der Waals surface area contributed by atoms with Crippen LogP contribution in [0.2, 0.25) is 5.02 Å². The summed E-state index contributed by atoms with van der Waals surface area (Å²) in [4.78, 5) is 5.04. The zero-order valence-corrected chi connectivity index (χ0v) is 12.3. The number of piperidine rings is 1. The molecule has 0 aromatic heterocycles. The van der Waals surface area contributed by atoms with Crippen molar-refractivity contribution in [2.45, 2.75) is 31.8 Å². The summed E-state index contributed by atoms with van der Waals surface area (Å²) in [5, 5.41) is 0.765. The van der Waals surface area contributed by atoms with Gasteiger partial charge >= 0.3 is 0 Å². The monoisotopic (exact) mass is 279 g/mol. The number of nitrogens with zero attached hydrogens (tertiary/aromatic N) is 2. The standard InChI is InChI=1S/C15H22ClN3/c1-18-5-2-13(3-6-18)19-7-4-14-11(10-19)8-12(16)9-15(14)17/h8-9,13H,2-7,10,17H2,1H3. The molecule has 0 aliphatic carbocycles. The summed E-state index contributed by atoms with van der Waals surface area (Å²) in [6, 6.07) is 4.70. The van der Waals surface area contributed by atoms with Crippen molar-refractivity contribution in [1.82, 2.24) is 9.80 Å². The first-order valence-corrected chi connectivity index (χ1v) is 7.50. The third kappa shape index (κ3) is 2.73. The summed E-state index contributed by atoms with van der Waals surface area (Å²) in [6.45, 7) is 4.57. The van der Waals surface area contributed by atoms with Crippen LogP contribution in [0.15, 0.2) is 12.1 Å². The third-order valence-corrected chi connectivity index (χ3v) is 4.79. The topological polar surface area (TPSA) is 32.5 Å². The van der Waals surface area contributed by atoms with Crippen LogP contribution in [0, 0.1) is 0 Å². The number of fused-ring (bicyclic) bond motifs is 1. The molecule has 0 radical (unpaired) electrons. The number of rotatable bonds is 1. The Kier molecular flexibility index (Phi) is 3.70. The molecular formula is C15H22ClN3. The fraction of sp³-hybridized carbons (Fsp3) is 0.600. The Morgan fingerprint density at radius 3 is 2.68 bits per heavy atom. The average molecular weight is 280 g/mol. The van der Waals surface area contributed by atoms with Crippen molar-refractivity contribution in [2.24, 2.45) is 0 Å². The van der Waals surface area contributed by atoms with Gasteiger partial charge < -0.3 is 10.6 Å². The molecule has 1 aromatic rings. The van der Waals surface area contributed by atoms with Crippen molar-refractivity contribution < 1.29 is 0 Å². The second kappa shape index (κ2) is 5.31. The zero-order chi connectivity index (χ0) is 13.4. The van der Waals surface area contributed by atoms with Gasteiger partial charge in [0, 0.05) is 29.8 Å². The van der Waals surface area contributed by atoms with Crippen LogP contribution < -0.4 is 5.73 Å². The molecule has 0 bridgehead atoms. The molecule has 3 rings (SSSR count). The number of hydrogen-bond donors (Lipinski definition) is 1. The molecule has 19 heavy (non-hydrogen) atoms. The maximum atomic E-state index is 6.13. The van der Waals surface area contributed by atoms with Crippen molar-refractivity contribution in [3.63, 3.8) is 0 Å². The highest BCUT2D eigenvalue weighted by molar-refractivity contribution is 6.31. The molecule has 2 N–H and O–H groups in total. The Hall–Kier alpha value is -0.770. The Morgan fingerprint density at radius 1 is 1.21 bits per heavy atom. The van der Waals surface area contributed by atoms with Crippen LogP contribution >= 0.6 is 11.6 Å². The van der Waals surface area contributed by atoms with E-state index >= 15 is 0 Å². The summed E-state index contributed by atoms with van der Waals surface area (Å²) >= 11 is 6.13. The molecule has 3 nitrogen and oxygen atoms in total. The largest absolute Gasteiger partial charge is 0.398 e. The molecule has 104 valence electrons. The number of hydrogen-bond acceptors (Lipinski definition) is 3.